The fourth-order valence-corrected chi connectivity index (χ4v) is 3.65. The second kappa shape index (κ2) is 8.01. The molecular weight excluding hydrogens is 358 g/mol. The molecule has 2 aromatic heterocycles. The molecule has 0 spiro atoms. The van der Waals surface area contributed by atoms with E-state index in [4.69, 9.17) is 0 Å². The van der Waals surface area contributed by atoms with Crippen LogP contribution in [0.1, 0.15) is 10.6 Å². The summed E-state index contributed by atoms with van der Waals surface area (Å²) in [5, 5.41) is 11.0. The van der Waals surface area contributed by atoms with Crippen molar-refractivity contribution in [1.82, 2.24) is 25.4 Å². The molecule has 136 valence electrons. The Morgan fingerprint density at radius 3 is 2.70 bits per heavy atom. The topological polar surface area (TPSA) is 71.8 Å². The third-order valence-electron chi connectivity index (χ3n) is 4.09. The van der Waals surface area contributed by atoms with E-state index in [0.29, 0.717) is 13.1 Å². The molecular formula is C20H19N5OS. The van der Waals surface area contributed by atoms with Gasteiger partial charge in [-0.25, -0.2) is 14.5 Å². The Morgan fingerprint density at radius 1 is 1.04 bits per heavy atom. The fourth-order valence-electron chi connectivity index (χ4n) is 2.75. The number of carbonyl (C=O) groups excluding carboxylic acids is 1. The van der Waals surface area contributed by atoms with Gasteiger partial charge in [0, 0.05) is 12.7 Å². The number of hydrogen-bond donors (Lipinski definition) is 2. The monoisotopic (exact) mass is 377 g/mol. The lowest BCUT2D eigenvalue weighted by molar-refractivity contribution is 0.240. The summed E-state index contributed by atoms with van der Waals surface area (Å²) in [4.78, 5) is 16.5. The van der Waals surface area contributed by atoms with Crippen LogP contribution in [0.5, 0.6) is 0 Å². The van der Waals surface area contributed by atoms with Gasteiger partial charge in [-0.05, 0) is 36.2 Å². The number of amides is 2. The van der Waals surface area contributed by atoms with Gasteiger partial charge in [0.05, 0.1) is 28.6 Å². The minimum Gasteiger partial charge on any atom is -0.338 e. The Balaban J connectivity index is 1.23. The number of rotatable bonds is 6. The second-order valence-electron chi connectivity index (χ2n) is 6.06. The zero-order valence-corrected chi connectivity index (χ0v) is 15.4. The summed E-state index contributed by atoms with van der Waals surface area (Å²) in [6.07, 6.45) is 4.53. The molecule has 0 aliphatic carbocycles. The summed E-state index contributed by atoms with van der Waals surface area (Å²) in [7, 11) is 0. The van der Waals surface area contributed by atoms with E-state index in [-0.39, 0.29) is 6.03 Å². The Hall–Kier alpha value is -3.19. The third kappa shape index (κ3) is 4.32. The number of urea groups is 1. The van der Waals surface area contributed by atoms with Crippen LogP contribution in [0, 0.1) is 0 Å². The maximum absolute atomic E-state index is 12.0. The molecule has 2 heterocycles. The Kier molecular flexibility index (Phi) is 5.11. The predicted octanol–water partition coefficient (Wildman–Crippen LogP) is 3.52. The summed E-state index contributed by atoms with van der Waals surface area (Å²) >= 11 is 1.60. The number of para-hydroxylation sites is 2. The molecule has 4 rings (SSSR count). The van der Waals surface area contributed by atoms with Crippen LogP contribution >= 0.6 is 11.3 Å². The van der Waals surface area contributed by atoms with Gasteiger partial charge in [0.25, 0.3) is 0 Å². The molecule has 2 N–H and O–H groups in total. The number of benzene rings is 2. The van der Waals surface area contributed by atoms with Crippen LogP contribution in [-0.2, 0) is 13.0 Å². The normalized spacial score (nSPS) is 10.8. The third-order valence-corrected chi connectivity index (χ3v) is 5.13. The van der Waals surface area contributed by atoms with E-state index in [1.807, 2.05) is 71.7 Å². The first-order chi connectivity index (χ1) is 13.3. The fraction of sp³-hybridized carbons (Fsp3) is 0.150. The van der Waals surface area contributed by atoms with E-state index in [2.05, 4.69) is 20.7 Å². The van der Waals surface area contributed by atoms with Crippen LogP contribution in [0.2, 0.25) is 0 Å². The Morgan fingerprint density at radius 2 is 1.85 bits per heavy atom. The largest absolute Gasteiger partial charge is 0.338 e. The molecule has 0 bridgehead atoms. The maximum atomic E-state index is 12.0. The van der Waals surface area contributed by atoms with Crippen LogP contribution < -0.4 is 10.6 Å². The Bertz CT molecular complexity index is 1010. The molecule has 0 saturated carbocycles. The highest BCUT2D eigenvalue weighted by Crippen LogP contribution is 2.21. The van der Waals surface area contributed by atoms with Crippen molar-refractivity contribution in [1.29, 1.82) is 0 Å². The van der Waals surface area contributed by atoms with E-state index in [1.165, 1.54) is 0 Å². The van der Waals surface area contributed by atoms with Crippen molar-refractivity contribution >= 4 is 27.6 Å². The van der Waals surface area contributed by atoms with Crippen LogP contribution in [0.25, 0.3) is 15.9 Å². The number of thiazole rings is 1. The average molecular weight is 377 g/mol. The van der Waals surface area contributed by atoms with Crippen LogP contribution in [0.3, 0.4) is 0 Å². The molecule has 7 heteroatoms. The first-order valence-electron chi connectivity index (χ1n) is 8.73. The van der Waals surface area contributed by atoms with Crippen molar-refractivity contribution in [3.05, 3.63) is 77.6 Å². The van der Waals surface area contributed by atoms with Crippen molar-refractivity contribution in [3.8, 4) is 5.69 Å². The molecule has 0 aliphatic rings. The standard InChI is InChI=1S/C20H19N5OS/c26-20(22-13-19-24-17-8-4-5-9-18(17)27-19)21-11-10-15-12-23-25(14-15)16-6-2-1-3-7-16/h1-9,12,14H,10-11,13H2,(H2,21,22,26). The molecule has 4 aromatic rings. The molecule has 0 atom stereocenters. The quantitative estimate of drug-likeness (QED) is 0.540. The number of aromatic nitrogens is 3. The van der Waals surface area contributed by atoms with Gasteiger partial charge in [-0.15, -0.1) is 11.3 Å². The number of nitrogens with zero attached hydrogens (tertiary/aromatic N) is 3. The van der Waals surface area contributed by atoms with E-state index >= 15 is 0 Å². The van der Waals surface area contributed by atoms with Gasteiger partial charge in [0.15, 0.2) is 0 Å². The number of nitrogens with one attached hydrogen (secondary N) is 2. The smallest absolute Gasteiger partial charge is 0.315 e. The Labute approximate surface area is 160 Å². The second-order valence-corrected chi connectivity index (χ2v) is 7.18. The molecule has 0 unspecified atom stereocenters. The van der Waals surface area contributed by atoms with Crippen molar-refractivity contribution in [2.75, 3.05) is 6.54 Å². The molecule has 0 saturated heterocycles. The molecule has 27 heavy (non-hydrogen) atoms. The maximum Gasteiger partial charge on any atom is 0.315 e. The average Bonchev–Trinajstić information content (AvgIpc) is 3.34. The first-order valence-corrected chi connectivity index (χ1v) is 9.55. The lowest BCUT2D eigenvalue weighted by atomic mass is 10.2. The van der Waals surface area contributed by atoms with Gasteiger partial charge < -0.3 is 10.6 Å². The van der Waals surface area contributed by atoms with Crippen molar-refractivity contribution in [2.45, 2.75) is 13.0 Å². The van der Waals surface area contributed by atoms with Gasteiger partial charge in [0.2, 0.25) is 0 Å². The summed E-state index contributed by atoms with van der Waals surface area (Å²) in [6.45, 7) is 0.975. The van der Waals surface area contributed by atoms with Crippen molar-refractivity contribution < 1.29 is 4.79 Å². The van der Waals surface area contributed by atoms with Crippen LogP contribution in [0.15, 0.2) is 67.0 Å². The lowest BCUT2D eigenvalue weighted by Crippen LogP contribution is -2.36. The van der Waals surface area contributed by atoms with E-state index in [9.17, 15) is 4.79 Å². The molecule has 2 amide bonds. The summed E-state index contributed by atoms with van der Waals surface area (Å²) in [5.74, 6) is 0. The van der Waals surface area contributed by atoms with Crippen molar-refractivity contribution in [3.63, 3.8) is 0 Å². The molecule has 2 aromatic carbocycles. The summed E-state index contributed by atoms with van der Waals surface area (Å²) < 4.78 is 2.97. The van der Waals surface area contributed by atoms with Gasteiger partial charge in [0.1, 0.15) is 5.01 Å². The molecule has 6 nitrogen and oxygen atoms in total. The van der Waals surface area contributed by atoms with Crippen molar-refractivity contribution in [2.24, 2.45) is 0 Å². The van der Waals surface area contributed by atoms with Gasteiger partial charge in [-0.1, -0.05) is 30.3 Å². The van der Waals surface area contributed by atoms with Crippen LogP contribution in [-0.4, -0.2) is 27.3 Å². The van der Waals surface area contributed by atoms with E-state index in [0.717, 1.165) is 32.9 Å². The summed E-state index contributed by atoms with van der Waals surface area (Å²) in [6, 6.07) is 17.7. The molecule has 0 radical (unpaired) electrons. The lowest BCUT2D eigenvalue weighted by Gasteiger charge is -2.05. The molecule has 0 aliphatic heterocycles. The summed E-state index contributed by atoms with van der Waals surface area (Å²) in [5.41, 5.74) is 3.06. The molecule has 0 fully saturated rings. The highest BCUT2D eigenvalue weighted by Gasteiger charge is 2.06. The highest BCUT2D eigenvalue weighted by atomic mass is 32.1. The number of hydrogen-bond acceptors (Lipinski definition) is 4. The number of carbonyl (C=O) groups is 1. The minimum absolute atomic E-state index is 0.190. The SMILES string of the molecule is O=C(NCCc1cnn(-c2ccccc2)c1)NCc1nc2ccccc2s1. The van der Waals surface area contributed by atoms with E-state index in [1.54, 1.807) is 11.3 Å². The zero-order valence-electron chi connectivity index (χ0n) is 14.6. The minimum atomic E-state index is -0.190. The van der Waals surface area contributed by atoms with Gasteiger partial charge in [-0.2, -0.15) is 5.10 Å². The van der Waals surface area contributed by atoms with Crippen LogP contribution in [0.4, 0.5) is 4.79 Å². The zero-order chi connectivity index (χ0) is 18.5. The first kappa shape index (κ1) is 17.2. The van der Waals surface area contributed by atoms with E-state index < -0.39 is 0 Å². The highest BCUT2D eigenvalue weighted by molar-refractivity contribution is 7.18. The predicted molar refractivity (Wildman–Crippen MR) is 107 cm³/mol. The van der Waals surface area contributed by atoms with Gasteiger partial charge >= 0.3 is 6.03 Å². The number of fused-ring (bicyclic) bond motifs is 1. The van der Waals surface area contributed by atoms with Gasteiger partial charge in [-0.3, -0.25) is 0 Å².